The standard InChI is InChI=1S/C34H34Cl2F6N6O2/c1-46(32(50)23-14-24(33(37,38)39)18-25(15-23)34(40,41)42)30(19-49)26(21-6-7-27(35)28(36)16-21)8-9-47-10-12-48(13-11-47)29-5-3-2-4-22(29)17-31-43-20-44-45-31/h2-7,14-16,18,20,26,30,49H,8-13,17,19H2,1H3,(H,43,44,45)/t26-,30+/m0/s1. The first-order valence-corrected chi connectivity index (χ1v) is 16.4. The molecule has 0 unspecified atom stereocenters. The number of hydrogen-bond donors (Lipinski definition) is 2. The van der Waals surface area contributed by atoms with Crippen LogP contribution in [0.2, 0.25) is 10.0 Å². The largest absolute Gasteiger partial charge is 0.416 e. The summed E-state index contributed by atoms with van der Waals surface area (Å²) in [7, 11) is 1.25. The Morgan fingerprint density at radius 1 is 0.940 bits per heavy atom. The van der Waals surface area contributed by atoms with Crippen LogP contribution in [-0.2, 0) is 18.8 Å². The normalized spacial score (nSPS) is 15.6. The number of benzene rings is 3. The van der Waals surface area contributed by atoms with Gasteiger partial charge in [-0.2, -0.15) is 31.4 Å². The topological polar surface area (TPSA) is 88.6 Å². The van der Waals surface area contributed by atoms with Crippen LogP contribution in [0.3, 0.4) is 0 Å². The summed E-state index contributed by atoms with van der Waals surface area (Å²) >= 11 is 12.5. The monoisotopic (exact) mass is 742 g/mol. The molecule has 16 heteroatoms. The second-order valence-electron chi connectivity index (χ2n) is 12.1. The van der Waals surface area contributed by atoms with E-state index >= 15 is 0 Å². The predicted octanol–water partition coefficient (Wildman–Crippen LogP) is 7.17. The maximum atomic E-state index is 13.6. The Balaban J connectivity index is 1.34. The van der Waals surface area contributed by atoms with E-state index in [0.29, 0.717) is 69.1 Å². The van der Waals surface area contributed by atoms with Crippen molar-refractivity contribution in [2.24, 2.45) is 0 Å². The number of carbonyl (C=O) groups excluding carboxylic acids is 1. The molecule has 268 valence electrons. The number of carbonyl (C=O) groups is 1. The van der Waals surface area contributed by atoms with Crippen molar-refractivity contribution in [3.05, 3.63) is 111 Å². The summed E-state index contributed by atoms with van der Waals surface area (Å²) in [6.07, 6.45) is -7.78. The quantitative estimate of drug-likeness (QED) is 0.159. The fourth-order valence-electron chi connectivity index (χ4n) is 6.27. The van der Waals surface area contributed by atoms with Crippen molar-refractivity contribution in [2.45, 2.75) is 37.2 Å². The number of para-hydroxylation sites is 1. The first kappa shape index (κ1) is 37.4. The molecule has 0 saturated carbocycles. The average molecular weight is 744 g/mol. The molecular weight excluding hydrogens is 709 g/mol. The number of alkyl halides is 6. The molecule has 1 aromatic heterocycles. The first-order valence-electron chi connectivity index (χ1n) is 15.7. The van der Waals surface area contributed by atoms with Gasteiger partial charge in [-0.25, -0.2) is 4.98 Å². The maximum Gasteiger partial charge on any atom is 0.416 e. The third-order valence-electron chi connectivity index (χ3n) is 8.95. The second-order valence-corrected chi connectivity index (χ2v) is 12.9. The molecule has 8 nitrogen and oxygen atoms in total. The Labute approximate surface area is 294 Å². The van der Waals surface area contributed by atoms with Crippen LogP contribution in [0.5, 0.6) is 0 Å². The van der Waals surface area contributed by atoms with Crippen LogP contribution in [0.1, 0.15) is 50.8 Å². The molecule has 0 spiro atoms. The van der Waals surface area contributed by atoms with Crippen molar-refractivity contribution >= 4 is 34.8 Å². The third-order valence-corrected chi connectivity index (χ3v) is 9.69. The van der Waals surface area contributed by atoms with Gasteiger partial charge in [0.1, 0.15) is 6.33 Å². The molecule has 2 heterocycles. The number of hydrogen-bond acceptors (Lipinski definition) is 6. The Bertz CT molecular complexity index is 1730. The number of aliphatic hydroxyl groups excluding tert-OH is 1. The minimum Gasteiger partial charge on any atom is -0.394 e. The van der Waals surface area contributed by atoms with Crippen LogP contribution in [0.15, 0.2) is 67.0 Å². The number of aromatic nitrogens is 3. The van der Waals surface area contributed by atoms with Gasteiger partial charge < -0.3 is 14.9 Å². The molecule has 0 aliphatic carbocycles. The lowest BCUT2D eigenvalue weighted by molar-refractivity contribution is -0.143. The summed E-state index contributed by atoms with van der Waals surface area (Å²) < 4.78 is 81.4. The van der Waals surface area contributed by atoms with Crippen LogP contribution in [0, 0.1) is 0 Å². The molecule has 5 rings (SSSR count). The van der Waals surface area contributed by atoms with Crippen LogP contribution in [0.25, 0.3) is 0 Å². The summed E-state index contributed by atoms with van der Waals surface area (Å²) in [6.45, 7) is 2.67. The number of nitrogens with one attached hydrogen (secondary N) is 1. The zero-order chi connectivity index (χ0) is 36.2. The number of H-pyrrole nitrogens is 1. The molecule has 1 amide bonds. The number of rotatable bonds is 11. The van der Waals surface area contributed by atoms with E-state index in [0.717, 1.165) is 16.2 Å². The zero-order valence-electron chi connectivity index (χ0n) is 26.8. The number of likely N-dealkylation sites (N-methyl/N-ethyl adjacent to an activating group) is 1. The third kappa shape index (κ3) is 8.89. The van der Waals surface area contributed by atoms with Gasteiger partial charge in [-0.15, -0.1) is 0 Å². The van der Waals surface area contributed by atoms with Crippen molar-refractivity contribution in [1.82, 2.24) is 25.0 Å². The van der Waals surface area contributed by atoms with E-state index in [4.69, 9.17) is 23.2 Å². The molecule has 1 aliphatic heterocycles. The fraction of sp³-hybridized carbons (Fsp3) is 0.382. The van der Waals surface area contributed by atoms with Gasteiger partial charge in [0.2, 0.25) is 0 Å². The summed E-state index contributed by atoms with van der Waals surface area (Å²) in [4.78, 5) is 23.3. The van der Waals surface area contributed by atoms with Crippen molar-refractivity contribution in [2.75, 3.05) is 51.3 Å². The van der Waals surface area contributed by atoms with Crippen molar-refractivity contribution in [1.29, 1.82) is 0 Å². The summed E-state index contributed by atoms with van der Waals surface area (Å²) in [5, 5.41) is 18.0. The summed E-state index contributed by atoms with van der Waals surface area (Å²) in [5.74, 6) is -1.04. The van der Waals surface area contributed by atoms with Crippen LogP contribution >= 0.6 is 23.2 Å². The number of aliphatic hydroxyl groups is 1. The van der Waals surface area contributed by atoms with Gasteiger partial charge >= 0.3 is 12.4 Å². The molecule has 2 N–H and O–H groups in total. The van der Waals surface area contributed by atoms with Crippen LogP contribution in [0.4, 0.5) is 32.0 Å². The molecule has 50 heavy (non-hydrogen) atoms. The van der Waals surface area contributed by atoms with Gasteiger partial charge in [0.15, 0.2) is 5.82 Å². The highest BCUT2D eigenvalue weighted by molar-refractivity contribution is 6.42. The lowest BCUT2D eigenvalue weighted by atomic mass is 9.87. The van der Waals surface area contributed by atoms with Crippen LogP contribution < -0.4 is 4.90 Å². The highest BCUT2D eigenvalue weighted by atomic mass is 35.5. The van der Waals surface area contributed by atoms with Crippen molar-refractivity contribution < 1.29 is 36.2 Å². The van der Waals surface area contributed by atoms with Gasteiger partial charge in [-0.3, -0.25) is 14.8 Å². The number of amides is 1. The molecule has 1 saturated heterocycles. The van der Waals surface area contributed by atoms with Gasteiger partial charge in [0.05, 0.1) is 33.8 Å². The van der Waals surface area contributed by atoms with E-state index in [1.807, 2.05) is 18.2 Å². The second kappa shape index (κ2) is 15.6. The van der Waals surface area contributed by atoms with Gasteiger partial charge in [0.25, 0.3) is 5.91 Å². The highest BCUT2D eigenvalue weighted by Crippen LogP contribution is 2.38. The van der Waals surface area contributed by atoms with E-state index < -0.39 is 53.5 Å². The molecule has 0 radical (unpaired) electrons. The van der Waals surface area contributed by atoms with Crippen molar-refractivity contribution in [3.8, 4) is 0 Å². The number of anilines is 1. The van der Waals surface area contributed by atoms with Crippen LogP contribution in [-0.4, -0.2) is 88.4 Å². The number of piperazine rings is 1. The average Bonchev–Trinajstić information content (AvgIpc) is 3.60. The number of nitrogens with zero attached hydrogens (tertiary/aromatic N) is 5. The summed E-state index contributed by atoms with van der Waals surface area (Å²) in [6, 6.07) is 12.6. The number of halogens is 8. The van der Waals surface area contributed by atoms with E-state index in [1.165, 1.54) is 13.4 Å². The fourth-order valence-corrected chi connectivity index (χ4v) is 6.58. The SMILES string of the molecule is CN(C(=O)c1cc(C(F)(F)F)cc(C(F)(F)F)c1)[C@H](CO)[C@@H](CCN1CCN(c2ccccc2Cc2nc[nH]n2)CC1)c1ccc(Cl)c(Cl)c1. The van der Waals surface area contributed by atoms with Gasteiger partial charge in [-0.1, -0.05) is 47.5 Å². The van der Waals surface area contributed by atoms with Crippen molar-refractivity contribution in [3.63, 3.8) is 0 Å². The predicted molar refractivity (Wildman–Crippen MR) is 178 cm³/mol. The lowest BCUT2D eigenvalue weighted by Crippen LogP contribution is -2.48. The highest BCUT2D eigenvalue weighted by Gasteiger charge is 2.39. The molecule has 3 aromatic carbocycles. The molecule has 4 aromatic rings. The molecule has 2 atom stereocenters. The first-order chi connectivity index (χ1) is 23.7. The molecule has 0 bridgehead atoms. The minimum absolute atomic E-state index is 0.0341. The Morgan fingerprint density at radius 2 is 1.60 bits per heavy atom. The zero-order valence-corrected chi connectivity index (χ0v) is 28.3. The van der Waals surface area contributed by atoms with Gasteiger partial charge in [-0.05, 0) is 60.5 Å². The van der Waals surface area contributed by atoms with E-state index in [9.17, 15) is 36.2 Å². The Kier molecular flexibility index (Phi) is 11.7. The minimum atomic E-state index is -5.13. The molecular formula is C34H34Cl2F6N6O2. The Hall–Kier alpha value is -3.85. The molecule has 1 fully saturated rings. The van der Waals surface area contributed by atoms with Gasteiger partial charge in [0, 0.05) is 56.8 Å². The molecule has 1 aliphatic rings. The summed E-state index contributed by atoms with van der Waals surface area (Å²) in [5.41, 5.74) is -1.26. The lowest BCUT2D eigenvalue weighted by Gasteiger charge is -2.39. The van der Waals surface area contributed by atoms with E-state index in [2.05, 4.69) is 31.0 Å². The van der Waals surface area contributed by atoms with E-state index in [-0.39, 0.29) is 16.1 Å². The number of aromatic amines is 1. The van der Waals surface area contributed by atoms with E-state index in [1.54, 1.807) is 18.2 Å². The maximum absolute atomic E-state index is 13.6. The smallest absolute Gasteiger partial charge is 0.394 e. The Morgan fingerprint density at radius 3 is 2.18 bits per heavy atom.